The minimum atomic E-state index is -0.807. The number of nitrogens with zero attached hydrogens (tertiary/aromatic N) is 1. The highest BCUT2D eigenvalue weighted by Gasteiger charge is 2.34. The van der Waals surface area contributed by atoms with Crippen LogP contribution in [-0.2, 0) is 16.1 Å². The van der Waals surface area contributed by atoms with Crippen molar-refractivity contribution in [2.75, 3.05) is 13.7 Å². The Labute approximate surface area is 233 Å². The van der Waals surface area contributed by atoms with E-state index < -0.39 is 11.9 Å². The largest absolute Gasteiger partial charge is 0.506 e. The first kappa shape index (κ1) is 27.9. The first-order chi connectivity index (χ1) is 18.8. The van der Waals surface area contributed by atoms with Gasteiger partial charge in [-0.1, -0.05) is 53.7 Å². The fraction of sp³-hybridized carbons (Fsp3) is 0.138. The maximum Gasteiger partial charge on any atom is 0.344 e. The summed E-state index contributed by atoms with van der Waals surface area (Å²) in [5.41, 5.74) is 1.36. The quantitative estimate of drug-likeness (QED) is 0.300. The molecule has 0 saturated carbocycles. The van der Waals surface area contributed by atoms with Gasteiger partial charge >= 0.3 is 5.97 Å². The Balaban J connectivity index is 1.62. The molecule has 0 spiro atoms. The second-order valence-corrected chi connectivity index (χ2v) is 9.52. The van der Waals surface area contributed by atoms with Crippen LogP contribution in [0.5, 0.6) is 11.5 Å². The number of benzene rings is 3. The van der Waals surface area contributed by atoms with Crippen LogP contribution in [-0.4, -0.2) is 35.7 Å². The van der Waals surface area contributed by atoms with Crippen molar-refractivity contribution in [1.29, 1.82) is 0 Å². The first-order valence-corrected chi connectivity index (χ1v) is 12.9. The van der Waals surface area contributed by atoms with E-state index >= 15 is 0 Å². The van der Waals surface area contributed by atoms with Gasteiger partial charge in [0.05, 0.1) is 29.2 Å². The van der Waals surface area contributed by atoms with Crippen LogP contribution in [0, 0.1) is 5.82 Å². The topological polar surface area (TPSA) is 94.4 Å². The van der Waals surface area contributed by atoms with Gasteiger partial charge in [0.2, 0.25) is 0 Å². The molecule has 7 nitrogen and oxygen atoms in total. The molecule has 0 aromatic heterocycles. The van der Waals surface area contributed by atoms with Gasteiger partial charge in [0.1, 0.15) is 28.8 Å². The number of carbonyl (C=O) groups excluding carboxylic acids is 2. The van der Waals surface area contributed by atoms with Crippen LogP contribution in [0.2, 0.25) is 5.02 Å². The summed E-state index contributed by atoms with van der Waals surface area (Å²) in [7, 11) is 1.49. The molecule has 1 aliphatic rings. The van der Waals surface area contributed by atoms with E-state index in [0.29, 0.717) is 17.1 Å². The zero-order valence-corrected chi connectivity index (χ0v) is 22.5. The van der Waals surface area contributed by atoms with Crippen molar-refractivity contribution >= 4 is 46.4 Å². The Kier molecular flexibility index (Phi) is 9.06. The van der Waals surface area contributed by atoms with E-state index in [9.17, 15) is 19.1 Å². The summed E-state index contributed by atoms with van der Waals surface area (Å²) in [5.74, 6) is -1.28. The average Bonchev–Trinajstić information content (AvgIpc) is 3.22. The van der Waals surface area contributed by atoms with Crippen LogP contribution in [0.1, 0.15) is 28.4 Å². The number of thioether (sulfide) groups is 1. The van der Waals surface area contributed by atoms with Crippen molar-refractivity contribution in [2.24, 2.45) is 4.99 Å². The molecule has 3 aromatic rings. The molecule has 0 bridgehead atoms. The monoisotopic (exact) mass is 567 g/mol. The van der Waals surface area contributed by atoms with Crippen LogP contribution >= 0.6 is 23.4 Å². The summed E-state index contributed by atoms with van der Waals surface area (Å²) in [5, 5.41) is 11.1. The van der Waals surface area contributed by atoms with Gasteiger partial charge in [0.25, 0.3) is 5.91 Å². The molecule has 39 heavy (non-hydrogen) atoms. The number of halogens is 2. The van der Waals surface area contributed by atoms with Gasteiger partial charge in [-0.25, -0.2) is 14.2 Å². The van der Waals surface area contributed by atoms with Crippen LogP contribution < -0.4 is 9.47 Å². The van der Waals surface area contributed by atoms with Crippen molar-refractivity contribution in [3.63, 3.8) is 0 Å². The van der Waals surface area contributed by atoms with Crippen LogP contribution in [0.15, 0.2) is 88.0 Å². The van der Waals surface area contributed by atoms with Crippen LogP contribution in [0.25, 0.3) is 6.08 Å². The third kappa shape index (κ3) is 6.68. The normalized spacial score (nSPS) is 15.1. The molecule has 200 valence electrons. The second kappa shape index (κ2) is 12.6. The smallest absolute Gasteiger partial charge is 0.344 e. The number of hydrogen-bond donors (Lipinski definition) is 1. The number of esters is 1. The molecular formula is C29H23ClFNO6S. The van der Waals surface area contributed by atoms with Gasteiger partial charge in [0, 0.05) is 0 Å². The van der Waals surface area contributed by atoms with Crippen molar-refractivity contribution in [1.82, 2.24) is 0 Å². The molecule has 1 aliphatic heterocycles. The maximum absolute atomic E-state index is 13.2. The number of ether oxygens (including phenoxy) is 3. The summed E-state index contributed by atoms with van der Waals surface area (Å²) in [6.07, 6.45) is 1.62. The molecule has 1 N–H and O–H groups in total. The molecule has 0 fully saturated rings. The maximum atomic E-state index is 13.2. The Bertz CT molecular complexity index is 1500. The van der Waals surface area contributed by atoms with Crippen LogP contribution in [0.4, 0.5) is 4.39 Å². The van der Waals surface area contributed by atoms with E-state index in [2.05, 4.69) is 4.99 Å². The van der Waals surface area contributed by atoms with E-state index in [4.69, 9.17) is 25.8 Å². The summed E-state index contributed by atoms with van der Waals surface area (Å²) in [4.78, 5) is 29.8. The van der Waals surface area contributed by atoms with Crippen molar-refractivity contribution in [3.05, 3.63) is 110 Å². The van der Waals surface area contributed by atoms with E-state index in [0.717, 1.165) is 17.3 Å². The van der Waals surface area contributed by atoms with E-state index in [1.807, 2.05) is 0 Å². The lowest BCUT2D eigenvalue weighted by Gasteiger charge is -2.12. The highest BCUT2D eigenvalue weighted by molar-refractivity contribution is 8.18. The molecular weight excluding hydrogens is 545 g/mol. The van der Waals surface area contributed by atoms with Crippen molar-refractivity contribution in [3.8, 4) is 11.5 Å². The predicted octanol–water partition coefficient (Wildman–Crippen LogP) is 6.77. The molecule has 0 radical (unpaired) electrons. The number of aliphatic hydroxyl groups excluding tert-OH is 1. The fourth-order valence-corrected chi connectivity index (χ4v) is 4.79. The van der Waals surface area contributed by atoms with Gasteiger partial charge in [-0.05, 0) is 60.5 Å². The number of methoxy groups -OCH3 is 1. The molecule has 0 aliphatic carbocycles. The molecule has 0 unspecified atom stereocenters. The minimum Gasteiger partial charge on any atom is -0.506 e. The zero-order chi connectivity index (χ0) is 27.9. The SMILES string of the molecule is CCOC(=O)C1=C(O)/C(=C/c2ccc(OCc3ccc(F)cc3)c(OC)c2)SC1=NC(=O)c1ccccc1Cl. The van der Waals surface area contributed by atoms with E-state index in [1.165, 1.54) is 25.3 Å². The molecule has 3 aromatic carbocycles. The van der Waals surface area contributed by atoms with Gasteiger partial charge in [0.15, 0.2) is 11.5 Å². The third-order valence-electron chi connectivity index (χ3n) is 5.47. The van der Waals surface area contributed by atoms with E-state index in [-0.39, 0.29) is 50.9 Å². The number of hydrogen-bond acceptors (Lipinski definition) is 7. The standard InChI is InChI=1S/C29H23ClFNO6S/c1-3-37-29(35)25-26(33)24(39-28(25)32-27(34)20-6-4-5-7-21(20)30)15-18-10-13-22(23(14-18)36-2)38-16-17-8-11-19(31)12-9-17/h4-15,33H,3,16H2,1-2H3/b24-15-,32-28?. The number of amides is 1. The van der Waals surface area contributed by atoms with Crippen molar-refractivity contribution in [2.45, 2.75) is 13.5 Å². The highest BCUT2D eigenvalue weighted by Crippen LogP contribution is 2.40. The predicted molar refractivity (Wildman–Crippen MR) is 149 cm³/mol. The highest BCUT2D eigenvalue weighted by atomic mass is 35.5. The molecule has 4 rings (SSSR count). The number of aliphatic hydroxyl groups is 1. The summed E-state index contributed by atoms with van der Waals surface area (Å²) in [6, 6.07) is 17.5. The Morgan fingerprint density at radius 1 is 1.08 bits per heavy atom. The van der Waals surface area contributed by atoms with Crippen LogP contribution in [0.3, 0.4) is 0 Å². The third-order valence-corrected chi connectivity index (χ3v) is 6.82. The minimum absolute atomic E-state index is 0.00617. The first-order valence-electron chi connectivity index (χ1n) is 11.7. The van der Waals surface area contributed by atoms with Gasteiger partial charge < -0.3 is 19.3 Å². The molecule has 10 heteroatoms. The fourth-order valence-electron chi connectivity index (χ4n) is 3.57. The average molecular weight is 568 g/mol. The lowest BCUT2D eigenvalue weighted by Crippen LogP contribution is -2.14. The summed E-state index contributed by atoms with van der Waals surface area (Å²) >= 11 is 7.07. The molecule has 1 heterocycles. The van der Waals surface area contributed by atoms with E-state index in [1.54, 1.807) is 61.5 Å². The summed E-state index contributed by atoms with van der Waals surface area (Å²) < 4.78 is 29.5. The molecule has 1 amide bonds. The van der Waals surface area contributed by atoms with Gasteiger partial charge in [-0.3, -0.25) is 4.79 Å². The Morgan fingerprint density at radius 3 is 2.51 bits per heavy atom. The number of rotatable bonds is 8. The molecule has 0 atom stereocenters. The molecule has 0 saturated heterocycles. The number of aliphatic imine (C=N–C) groups is 1. The van der Waals surface area contributed by atoms with Gasteiger partial charge in [-0.15, -0.1) is 0 Å². The Morgan fingerprint density at radius 2 is 1.82 bits per heavy atom. The zero-order valence-electron chi connectivity index (χ0n) is 20.9. The lowest BCUT2D eigenvalue weighted by atomic mass is 10.1. The number of carbonyl (C=O) groups is 2. The Hall–Kier alpha value is -4.08. The second-order valence-electron chi connectivity index (χ2n) is 8.08. The van der Waals surface area contributed by atoms with Crippen molar-refractivity contribution < 1.29 is 33.3 Å². The van der Waals surface area contributed by atoms with Gasteiger partial charge in [-0.2, -0.15) is 0 Å². The lowest BCUT2D eigenvalue weighted by molar-refractivity contribution is -0.138. The summed E-state index contributed by atoms with van der Waals surface area (Å²) in [6.45, 7) is 1.91.